The van der Waals surface area contributed by atoms with Crippen molar-refractivity contribution in [3.05, 3.63) is 72.8 Å². The van der Waals surface area contributed by atoms with Gasteiger partial charge in [0.25, 0.3) is 0 Å². The van der Waals surface area contributed by atoms with Crippen molar-refractivity contribution in [1.82, 2.24) is 0 Å². The molecule has 28 heavy (non-hydrogen) atoms. The summed E-state index contributed by atoms with van der Waals surface area (Å²) in [5, 5.41) is 5.21. The third-order valence-corrected chi connectivity index (χ3v) is 7.38. The van der Waals surface area contributed by atoms with E-state index >= 15 is 0 Å². The van der Waals surface area contributed by atoms with Crippen molar-refractivity contribution >= 4 is 54.5 Å². The summed E-state index contributed by atoms with van der Waals surface area (Å²) >= 11 is 0. The lowest BCUT2D eigenvalue weighted by molar-refractivity contribution is 1.14. The van der Waals surface area contributed by atoms with Crippen molar-refractivity contribution in [2.75, 3.05) is 38.0 Å². The second-order valence-electron chi connectivity index (χ2n) is 7.21. The van der Waals surface area contributed by atoms with Crippen molar-refractivity contribution in [2.45, 2.75) is 9.79 Å². The Morgan fingerprint density at radius 3 is 1.21 bits per heavy atom. The van der Waals surface area contributed by atoms with Crippen LogP contribution in [0.1, 0.15) is 0 Å². The minimum absolute atomic E-state index is 1.26. The summed E-state index contributed by atoms with van der Waals surface area (Å²) < 4.78 is 0. The molecule has 4 rings (SSSR count). The highest BCUT2D eigenvalue weighted by atomic mass is 33.1. The minimum atomic E-state index is 1.26. The molecule has 0 bridgehead atoms. The monoisotopic (exact) mass is 404 g/mol. The van der Waals surface area contributed by atoms with Gasteiger partial charge in [0.2, 0.25) is 0 Å². The Morgan fingerprint density at radius 1 is 0.464 bits per heavy atom. The maximum Gasteiger partial charge on any atom is 0.0441 e. The summed E-state index contributed by atoms with van der Waals surface area (Å²) in [6, 6.07) is 26.3. The zero-order valence-electron chi connectivity index (χ0n) is 16.6. The number of nitrogens with zero attached hydrogens (tertiary/aromatic N) is 2. The van der Waals surface area contributed by atoms with E-state index in [1.54, 1.807) is 0 Å². The van der Waals surface area contributed by atoms with E-state index in [0.29, 0.717) is 0 Å². The van der Waals surface area contributed by atoms with E-state index in [4.69, 9.17) is 0 Å². The molecule has 0 radical (unpaired) electrons. The zero-order chi connectivity index (χ0) is 19.7. The first-order valence-electron chi connectivity index (χ1n) is 9.29. The Kier molecular flexibility index (Phi) is 5.42. The predicted octanol–water partition coefficient (Wildman–Crippen LogP) is 6.92. The van der Waals surface area contributed by atoms with E-state index in [2.05, 4.69) is 111 Å². The zero-order valence-corrected chi connectivity index (χ0v) is 18.3. The molecule has 4 heteroatoms. The van der Waals surface area contributed by atoms with Crippen LogP contribution in [0.5, 0.6) is 0 Å². The topological polar surface area (TPSA) is 6.48 Å². The van der Waals surface area contributed by atoms with Crippen molar-refractivity contribution in [3.8, 4) is 0 Å². The Hall–Kier alpha value is -2.30. The number of benzene rings is 4. The predicted molar refractivity (Wildman–Crippen MR) is 128 cm³/mol. The lowest BCUT2D eigenvalue weighted by Gasteiger charge is -2.17. The highest BCUT2D eigenvalue weighted by Gasteiger charge is 2.10. The summed E-state index contributed by atoms with van der Waals surface area (Å²) in [6.45, 7) is 0. The average molecular weight is 405 g/mol. The molecule has 0 unspecified atom stereocenters. The van der Waals surface area contributed by atoms with Gasteiger partial charge in [0.15, 0.2) is 0 Å². The van der Waals surface area contributed by atoms with Crippen LogP contribution in [0.15, 0.2) is 82.6 Å². The molecule has 4 aromatic carbocycles. The second kappa shape index (κ2) is 7.98. The van der Waals surface area contributed by atoms with E-state index in [1.165, 1.54) is 42.7 Å². The van der Waals surface area contributed by atoms with Gasteiger partial charge in [-0.05, 0) is 35.0 Å². The summed E-state index contributed by atoms with van der Waals surface area (Å²) in [7, 11) is 12.1. The van der Waals surface area contributed by atoms with E-state index in [-0.39, 0.29) is 0 Å². The molecule has 0 amide bonds. The molecule has 0 aliphatic rings. The summed E-state index contributed by atoms with van der Waals surface area (Å²) in [6.07, 6.45) is 0. The van der Waals surface area contributed by atoms with Gasteiger partial charge in [-0.1, -0.05) is 70.1 Å². The van der Waals surface area contributed by atoms with Crippen LogP contribution in [0.3, 0.4) is 0 Å². The number of anilines is 2. The third kappa shape index (κ3) is 3.54. The molecule has 0 heterocycles. The molecule has 0 atom stereocenters. The van der Waals surface area contributed by atoms with Crippen molar-refractivity contribution in [2.24, 2.45) is 0 Å². The maximum absolute atomic E-state index is 2.22. The average Bonchev–Trinajstić information content (AvgIpc) is 2.71. The van der Waals surface area contributed by atoms with Crippen LogP contribution in [0.4, 0.5) is 11.4 Å². The summed E-state index contributed by atoms with van der Waals surface area (Å²) in [5.41, 5.74) is 2.51. The van der Waals surface area contributed by atoms with Gasteiger partial charge in [0, 0.05) is 60.1 Å². The number of hydrogen-bond donors (Lipinski definition) is 0. The largest absolute Gasteiger partial charge is 0.377 e. The normalized spacial score (nSPS) is 11.1. The molecule has 4 aromatic rings. The van der Waals surface area contributed by atoms with Gasteiger partial charge >= 0.3 is 0 Å². The molecule has 0 aromatic heterocycles. The van der Waals surface area contributed by atoms with Crippen LogP contribution < -0.4 is 9.80 Å². The maximum atomic E-state index is 2.22. The highest BCUT2D eigenvalue weighted by molar-refractivity contribution is 8.76. The standard InChI is InChI=1S/C24H24N2S2/c1-25(2)21-13-5-11-19-17(21)9-7-15-23(19)27-28-24-16-8-10-18-20(24)12-6-14-22(18)26(3)4/h5-16H,1-4H3. The quantitative estimate of drug-likeness (QED) is 0.333. The Bertz CT molecular complexity index is 1040. The third-order valence-electron chi connectivity index (χ3n) is 4.90. The first kappa shape index (κ1) is 19.0. The van der Waals surface area contributed by atoms with Crippen LogP contribution in [-0.2, 0) is 0 Å². The lowest BCUT2D eigenvalue weighted by atomic mass is 10.1. The molecule has 142 valence electrons. The molecule has 0 fully saturated rings. The van der Waals surface area contributed by atoms with Crippen LogP contribution in [0, 0.1) is 0 Å². The number of hydrogen-bond acceptors (Lipinski definition) is 4. The lowest BCUT2D eigenvalue weighted by Crippen LogP contribution is -2.08. The van der Waals surface area contributed by atoms with Gasteiger partial charge in [-0.25, -0.2) is 0 Å². The molecule has 0 aliphatic heterocycles. The van der Waals surface area contributed by atoms with Crippen molar-refractivity contribution in [1.29, 1.82) is 0 Å². The van der Waals surface area contributed by atoms with Gasteiger partial charge in [-0.2, -0.15) is 0 Å². The fourth-order valence-electron chi connectivity index (χ4n) is 3.54. The molecular weight excluding hydrogens is 380 g/mol. The van der Waals surface area contributed by atoms with Crippen LogP contribution in [0.2, 0.25) is 0 Å². The molecule has 0 aliphatic carbocycles. The number of rotatable bonds is 5. The fourth-order valence-corrected chi connectivity index (χ4v) is 5.94. The molecule has 0 saturated heterocycles. The van der Waals surface area contributed by atoms with Gasteiger partial charge in [0.1, 0.15) is 0 Å². The van der Waals surface area contributed by atoms with Gasteiger partial charge in [-0.3, -0.25) is 0 Å². The minimum Gasteiger partial charge on any atom is -0.377 e. The Labute approximate surface area is 174 Å². The first-order chi connectivity index (χ1) is 13.6. The van der Waals surface area contributed by atoms with Gasteiger partial charge in [0.05, 0.1) is 0 Å². The van der Waals surface area contributed by atoms with E-state index in [0.717, 1.165) is 0 Å². The highest BCUT2D eigenvalue weighted by Crippen LogP contribution is 2.44. The number of fused-ring (bicyclic) bond motifs is 2. The van der Waals surface area contributed by atoms with Gasteiger partial charge < -0.3 is 9.80 Å². The molecule has 0 N–H and O–H groups in total. The second-order valence-corrected chi connectivity index (χ2v) is 9.43. The van der Waals surface area contributed by atoms with Crippen LogP contribution in [0.25, 0.3) is 21.5 Å². The van der Waals surface area contributed by atoms with E-state index in [9.17, 15) is 0 Å². The summed E-state index contributed by atoms with van der Waals surface area (Å²) in [4.78, 5) is 6.95. The first-order valence-corrected chi connectivity index (χ1v) is 11.4. The molecular formula is C24H24N2S2. The molecule has 2 nitrogen and oxygen atoms in total. The van der Waals surface area contributed by atoms with Crippen LogP contribution >= 0.6 is 21.6 Å². The summed E-state index contributed by atoms with van der Waals surface area (Å²) in [5.74, 6) is 0. The van der Waals surface area contributed by atoms with E-state index < -0.39 is 0 Å². The Balaban J connectivity index is 1.71. The van der Waals surface area contributed by atoms with Crippen LogP contribution in [-0.4, -0.2) is 28.2 Å². The van der Waals surface area contributed by atoms with Gasteiger partial charge in [-0.15, -0.1) is 0 Å². The SMILES string of the molecule is CN(C)c1cccc2c(SSc3cccc4c(N(C)C)cccc34)cccc12. The van der Waals surface area contributed by atoms with E-state index in [1.807, 2.05) is 21.6 Å². The fraction of sp³-hybridized carbons (Fsp3) is 0.167. The van der Waals surface area contributed by atoms with Crippen molar-refractivity contribution < 1.29 is 0 Å². The van der Waals surface area contributed by atoms with Crippen molar-refractivity contribution in [3.63, 3.8) is 0 Å². The molecule has 0 spiro atoms. The Morgan fingerprint density at radius 2 is 0.821 bits per heavy atom. The smallest absolute Gasteiger partial charge is 0.0441 e. The molecule has 0 saturated carbocycles.